The van der Waals surface area contributed by atoms with Crippen LogP contribution in [0.1, 0.15) is 37.7 Å². The fourth-order valence-corrected chi connectivity index (χ4v) is 8.46. The molecule has 9 rings (SSSR count). The number of fused-ring (bicyclic) bond motifs is 6. The molecule has 1 aromatic heterocycles. The molecule has 1 aliphatic carbocycles. The van der Waals surface area contributed by atoms with Gasteiger partial charge in [0.05, 0.1) is 37.6 Å². The molecule has 1 saturated carbocycles. The normalized spacial score (nSPS) is 25.6. The SMILES string of the molecule is C#Cc1c(F)ccc2cc(O)cc(-c3c(OC)cc4c(N5CC6CCC(C5)N6)nc(OCC5(CN6C[C@@H]7C[C@H]6CO7)CC5)nc4c3F)c12. The summed E-state index contributed by atoms with van der Waals surface area (Å²) in [4.78, 5) is 14.3. The third-order valence-corrected chi connectivity index (χ3v) is 11.1. The maximum atomic E-state index is 17.2. The van der Waals surface area contributed by atoms with Crippen LogP contribution in [0, 0.1) is 29.4 Å². The monoisotopic (exact) mass is 653 g/mol. The highest BCUT2D eigenvalue weighted by Gasteiger charge is 2.49. The number of benzene rings is 3. The van der Waals surface area contributed by atoms with Crippen molar-refractivity contribution in [1.82, 2.24) is 20.2 Å². The van der Waals surface area contributed by atoms with E-state index in [4.69, 9.17) is 30.6 Å². The molecule has 4 atom stereocenters. The minimum Gasteiger partial charge on any atom is -0.508 e. The molecule has 11 heteroatoms. The summed E-state index contributed by atoms with van der Waals surface area (Å²) < 4.78 is 50.2. The van der Waals surface area contributed by atoms with E-state index in [9.17, 15) is 5.11 Å². The van der Waals surface area contributed by atoms with Gasteiger partial charge in [0.1, 0.15) is 28.7 Å². The van der Waals surface area contributed by atoms with Crippen LogP contribution in [0.3, 0.4) is 0 Å². The van der Waals surface area contributed by atoms with Crippen LogP contribution in [0.5, 0.6) is 17.5 Å². The Balaban J connectivity index is 1.17. The molecule has 5 heterocycles. The van der Waals surface area contributed by atoms with Gasteiger partial charge in [-0.25, -0.2) is 8.78 Å². The Labute approximate surface area is 277 Å². The van der Waals surface area contributed by atoms with Crippen molar-refractivity contribution < 1.29 is 28.1 Å². The number of likely N-dealkylation sites (tertiary alicyclic amines) is 1. The van der Waals surface area contributed by atoms with Crippen LogP contribution >= 0.6 is 0 Å². The molecule has 9 nitrogen and oxygen atoms in total. The molecule has 3 aromatic carbocycles. The number of phenolic OH excluding ortho intramolecular Hbond substituents is 1. The average molecular weight is 654 g/mol. The number of hydrogen-bond donors (Lipinski definition) is 2. The van der Waals surface area contributed by atoms with Gasteiger partial charge < -0.3 is 29.5 Å². The molecule has 0 radical (unpaired) electrons. The zero-order valence-electron chi connectivity index (χ0n) is 26.8. The van der Waals surface area contributed by atoms with Gasteiger partial charge >= 0.3 is 6.01 Å². The molecule has 0 amide bonds. The predicted octanol–water partition coefficient (Wildman–Crippen LogP) is 5.00. The van der Waals surface area contributed by atoms with Crippen molar-refractivity contribution in [3.05, 3.63) is 47.5 Å². The second-order valence-corrected chi connectivity index (χ2v) is 14.3. The predicted molar refractivity (Wildman–Crippen MR) is 178 cm³/mol. The summed E-state index contributed by atoms with van der Waals surface area (Å²) >= 11 is 0. The van der Waals surface area contributed by atoms with Crippen molar-refractivity contribution in [2.24, 2.45) is 5.41 Å². The van der Waals surface area contributed by atoms with E-state index in [1.807, 2.05) is 0 Å². The number of hydrogen-bond acceptors (Lipinski definition) is 9. The van der Waals surface area contributed by atoms with Crippen LogP contribution in [-0.4, -0.2) is 90.7 Å². The Bertz CT molecular complexity index is 2000. The van der Waals surface area contributed by atoms with Gasteiger partial charge in [0.25, 0.3) is 0 Å². The summed E-state index contributed by atoms with van der Waals surface area (Å²) in [6, 6.07) is 8.56. The molecular formula is C37H37F2N5O4. The average Bonchev–Trinajstić information content (AvgIpc) is 3.34. The number of nitrogens with zero attached hydrogens (tertiary/aromatic N) is 4. The van der Waals surface area contributed by atoms with Gasteiger partial charge in [-0.15, -0.1) is 6.42 Å². The maximum Gasteiger partial charge on any atom is 0.319 e. The van der Waals surface area contributed by atoms with Crippen molar-refractivity contribution in [3.8, 4) is 41.0 Å². The quantitative estimate of drug-likeness (QED) is 0.255. The number of aromatic nitrogens is 2. The lowest BCUT2D eigenvalue weighted by molar-refractivity contribution is 0.0176. The number of terminal acetylenes is 1. The molecule has 0 spiro atoms. The van der Waals surface area contributed by atoms with E-state index in [1.54, 1.807) is 6.07 Å². The standard InChI is InChI=1S/C37H37F2N5O4/c1-3-26-29(38)7-4-20-10-24(45)12-27(31(20)26)32-30(46-2)13-28-34(33(32)39)41-36(42-35(28)43-14-21-5-6-22(15-43)40-21)48-19-37(8-9-37)18-44-16-25-11-23(44)17-47-25/h1,4,7,10,12-13,21-23,25,40,45H,5-6,8-9,11,14-19H2,2H3/t21?,22?,23-,25-/m0/s1. The van der Waals surface area contributed by atoms with Crippen molar-refractivity contribution >= 4 is 27.5 Å². The van der Waals surface area contributed by atoms with Gasteiger partial charge in [-0.2, -0.15) is 9.97 Å². The van der Waals surface area contributed by atoms with Gasteiger partial charge in [-0.05, 0) is 61.8 Å². The topological polar surface area (TPSA) is 92.2 Å². The molecular weight excluding hydrogens is 616 g/mol. The summed E-state index contributed by atoms with van der Waals surface area (Å²) in [6.07, 6.45) is 11.4. The maximum absolute atomic E-state index is 17.2. The minimum absolute atomic E-state index is 0.0108. The summed E-state index contributed by atoms with van der Waals surface area (Å²) in [5, 5.41) is 15.6. The molecule has 4 aliphatic heterocycles. The van der Waals surface area contributed by atoms with Gasteiger partial charge in [-0.3, -0.25) is 4.90 Å². The van der Waals surface area contributed by atoms with E-state index in [0.717, 1.165) is 64.9 Å². The third-order valence-electron chi connectivity index (χ3n) is 11.1. The summed E-state index contributed by atoms with van der Waals surface area (Å²) in [7, 11) is 1.45. The fourth-order valence-electron chi connectivity index (χ4n) is 8.46. The number of nitrogens with one attached hydrogen (secondary N) is 1. The Morgan fingerprint density at radius 3 is 2.62 bits per heavy atom. The van der Waals surface area contributed by atoms with Crippen LogP contribution < -0.4 is 19.7 Å². The van der Waals surface area contributed by atoms with Crippen LogP contribution in [0.25, 0.3) is 32.8 Å². The van der Waals surface area contributed by atoms with Crippen LogP contribution in [0.15, 0.2) is 30.3 Å². The molecule has 48 heavy (non-hydrogen) atoms. The number of phenols is 1. The third kappa shape index (κ3) is 4.92. The second-order valence-electron chi connectivity index (χ2n) is 14.3. The van der Waals surface area contributed by atoms with E-state index >= 15 is 8.78 Å². The molecule has 4 saturated heterocycles. The number of ether oxygens (including phenoxy) is 3. The second kappa shape index (κ2) is 11.2. The highest BCUT2D eigenvalue weighted by atomic mass is 19.1. The molecule has 2 N–H and O–H groups in total. The first kappa shape index (κ1) is 29.9. The number of methoxy groups -OCH3 is 1. The van der Waals surface area contributed by atoms with E-state index in [-0.39, 0.29) is 45.1 Å². The number of halogens is 2. The zero-order chi connectivity index (χ0) is 32.7. The lowest BCUT2D eigenvalue weighted by Gasteiger charge is -2.34. The van der Waals surface area contributed by atoms with Crippen LogP contribution in [-0.2, 0) is 4.74 Å². The Hall–Kier alpha value is -4.24. The zero-order valence-corrected chi connectivity index (χ0v) is 26.8. The van der Waals surface area contributed by atoms with Crippen molar-refractivity contribution in [2.45, 2.75) is 56.3 Å². The Kier molecular flexibility index (Phi) is 6.94. The largest absolute Gasteiger partial charge is 0.508 e. The van der Waals surface area contributed by atoms with Gasteiger partial charge in [0, 0.05) is 66.1 Å². The molecule has 2 unspecified atom stereocenters. The molecule has 5 aliphatic rings. The lowest BCUT2D eigenvalue weighted by atomic mass is 9.92. The fraction of sp³-hybridized carbons (Fsp3) is 0.459. The molecule has 4 bridgehead atoms. The highest BCUT2D eigenvalue weighted by molar-refractivity contribution is 6.05. The van der Waals surface area contributed by atoms with Crippen LogP contribution in [0.2, 0.25) is 0 Å². The van der Waals surface area contributed by atoms with E-state index in [0.29, 0.717) is 52.8 Å². The molecule has 5 fully saturated rings. The Morgan fingerprint density at radius 1 is 1.12 bits per heavy atom. The highest BCUT2D eigenvalue weighted by Crippen LogP contribution is 2.49. The van der Waals surface area contributed by atoms with Crippen LogP contribution in [0.4, 0.5) is 14.6 Å². The number of morpholine rings is 1. The lowest BCUT2D eigenvalue weighted by Crippen LogP contribution is -2.51. The number of aromatic hydroxyl groups is 1. The summed E-state index contributed by atoms with van der Waals surface area (Å²) in [5.74, 6) is 1.77. The summed E-state index contributed by atoms with van der Waals surface area (Å²) in [6.45, 7) is 4.57. The van der Waals surface area contributed by atoms with Crippen molar-refractivity contribution in [3.63, 3.8) is 0 Å². The van der Waals surface area contributed by atoms with Crippen molar-refractivity contribution in [2.75, 3.05) is 51.4 Å². The van der Waals surface area contributed by atoms with Gasteiger partial charge in [0.15, 0.2) is 5.82 Å². The van der Waals surface area contributed by atoms with Gasteiger partial charge in [0.2, 0.25) is 0 Å². The van der Waals surface area contributed by atoms with Crippen molar-refractivity contribution in [1.29, 1.82) is 0 Å². The van der Waals surface area contributed by atoms with Gasteiger partial charge in [-0.1, -0.05) is 12.0 Å². The first-order valence-corrected chi connectivity index (χ1v) is 16.8. The number of anilines is 1. The van der Waals surface area contributed by atoms with E-state index in [1.165, 1.54) is 31.4 Å². The first-order chi connectivity index (χ1) is 23.3. The minimum atomic E-state index is -0.690. The molecule has 248 valence electrons. The molecule has 4 aromatic rings. The smallest absolute Gasteiger partial charge is 0.319 e. The van der Waals surface area contributed by atoms with E-state index in [2.05, 4.69) is 21.0 Å². The Morgan fingerprint density at radius 2 is 1.94 bits per heavy atom. The first-order valence-electron chi connectivity index (χ1n) is 16.8. The summed E-state index contributed by atoms with van der Waals surface area (Å²) in [5.41, 5.74) is 0.272. The number of rotatable bonds is 8. The number of piperazine rings is 1. The van der Waals surface area contributed by atoms with E-state index < -0.39 is 11.6 Å².